The van der Waals surface area contributed by atoms with E-state index in [9.17, 15) is 0 Å². The Labute approximate surface area is 139 Å². The van der Waals surface area contributed by atoms with Crippen LogP contribution in [0.2, 0.25) is 0 Å². The Bertz CT molecular complexity index is 981. The highest BCUT2D eigenvalue weighted by Crippen LogP contribution is 2.35. The molecule has 4 aromatic rings. The van der Waals surface area contributed by atoms with E-state index in [2.05, 4.69) is 63.8 Å². The van der Waals surface area contributed by atoms with Gasteiger partial charge in [0.1, 0.15) is 0 Å². The van der Waals surface area contributed by atoms with Crippen molar-refractivity contribution in [2.24, 2.45) is 0 Å². The SMILES string of the molecule is c1ccc(CN2CCc3[nH]c4ccc5sccc5c4c3C2)cc1. The monoisotopic (exact) mass is 318 g/mol. The summed E-state index contributed by atoms with van der Waals surface area (Å²) in [6.07, 6.45) is 1.11. The molecule has 0 fully saturated rings. The molecule has 2 aromatic heterocycles. The summed E-state index contributed by atoms with van der Waals surface area (Å²) in [6, 6.07) is 17.6. The standard InChI is InChI=1S/C20H18N2S/c1-2-4-14(5-3-1)12-22-10-8-17-16(13-22)20-15-9-11-23-19(15)7-6-18(20)21-17/h1-7,9,11,21H,8,10,12-13H2. The number of nitrogens with zero attached hydrogens (tertiary/aromatic N) is 1. The fourth-order valence-electron chi connectivity index (χ4n) is 3.80. The van der Waals surface area contributed by atoms with Gasteiger partial charge in [-0.2, -0.15) is 0 Å². The minimum absolute atomic E-state index is 1.03. The van der Waals surface area contributed by atoms with Gasteiger partial charge in [-0.05, 0) is 34.7 Å². The van der Waals surface area contributed by atoms with Gasteiger partial charge in [0.2, 0.25) is 0 Å². The number of hydrogen-bond donors (Lipinski definition) is 1. The van der Waals surface area contributed by atoms with Gasteiger partial charge in [-0.25, -0.2) is 0 Å². The summed E-state index contributed by atoms with van der Waals surface area (Å²) in [7, 11) is 0. The second-order valence-corrected chi connectivity index (χ2v) is 7.30. The molecule has 114 valence electrons. The first-order chi connectivity index (χ1) is 11.4. The smallest absolute Gasteiger partial charge is 0.0466 e. The van der Waals surface area contributed by atoms with Gasteiger partial charge < -0.3 is 4.98 Å². The molecule has 5 rings (SSSR count). The molecule has 23 heavy (non-hydrogen) atoms. The number of fused-ring (bicyclic) bond motifs is 5. The Balaban J connectivity index is 1.56. The van der Waals surface area contributed by atoms with E-state index in [4.69, 9.17) is 0 Å². The molecular weight excluding hydrogens is 300 g/mol. The van der Waals surface area contributed by atoms with Crippen LogP contribution >= 0.6 is 11.3 Å². The van der Waals surface area contributed by atoms with Crippen molar-refractivity contribution < 1.29 is 0 Å². The summed E-state index contributed by atoms with van der Waals surface area (Å²) in [5.74, 6) is 0. The highest BCUT2D eigenvalue weighted by atomic mass is 32.1. The maximum Gasteiger partial charge on any atom is 0.0466 e. The lowest BCUT2D eigenvalue weighted by molar-refractivity contribution is 0.246. The summed E-state index contributed by atoms with van der Waals surface area (Å²) in [6.45, 7) is 3.20. The van der Waals surface area contributed by atoms with Crippen molar-refractivity contribution in [2.45, 2.75) is 19.5 Å². The van der Waals surface area contributed by atoms with E-state index in [-0.39, 0.29) is 0 Å². The van der Waals surface area contributed by atoms with Gasteiger partial charge in [-0.1, -0.05) is 30.3 Å². The van der Waals surface area contributed by atoms with Gasteiger partial charge in [-0.15, -0.1) is 11.3 Å². The van der Waals surface area contributed by atoms with E-state index in [0.717, 1.165) is 26.1 Å². The molecule has 0 aliphatic carbocycles. The van der Waals surface area contributed by atoms with Crippen LogP contribution in [0.3, 0.4) is 0 Å². The minimum atomic E-state index is 1.03. The maximum atomic E-state index is 3.66. The quantitative estimate of drug-likeness (QED) is 0.554. The molecule has 0 spiro atoms. The highest BCUT2D eigenvalue weighted by Gasteiger charge is 2.22. The first-order valence-corrected chi connectivity index (χ1v) is 9.02. The molecule has 3 heterocycles. The summed E-state index contributed by atoms with van der Waals surface area (Å²) in [5, 5.41) is 5.05. The number of aromatic nitrogens is 1. The van der Waals surface area contributed by atoms with Crippen molar-refractivity contribution >= 4 is 32.3 Å². The first kappa shape index (κ1) is 13.3. The van der Waals surface area contributed by atoms with E-state index in [1.54, 1.807) is 0 Å². The molecule has 1 N–H and O–H groups in total. The Morgan fingerprint density at radius 3 is 2.87 bits per heavy atom. The van der Waals surface area contributed by atoms with Crippen LogP contribution in [0.15, 0.2) is 53.9 Å². The number of thiophene rings is 1. The van der Waals surface area contributed by atoms with Gasteiger partial charge in [0.05, 0.1) is 0 Å². The zero-order chi connectivity index (χ0) is 15.2. The van der Waals surface area contributed by atoms with Gasteiger partial charge in [-0.3, -0.25) is 4.90 Å². The van der Waals surface area contributed by atoms with Gasteiger partial charge >= 0.3 is 0 Å². The first-order valence-electron chi connectivity index (χ1n) is 8.14. The molecule has 0 unspecified atom stereocenters. The number of hydrogen-bond acceptors (Lipinski definition) is 2. The highest BCUT2D eigenvalue weighted by molar-refractivity contribution is 7.17. The fraction of sp³-hybridized carbons (Fsp3) is 0.200. The average Bonchev–Trinajstić information content (AvgIpc) is 3.18. The van der Waals surface area contributed by atoms with Crippen molar-refractivity contribution in [3.8, 4) is 0 Å². The van der Waals surface area contributed by atoms with Crippen LogP contribution in [-0.4, -0.2) is 16.4 Å². The minimum Gasteiger partial charge on any atom is -0.358 e. The van der Waals surface area contributed by atoms with Crippen LogP contribution in [-0.2, 0) is 19.5 Å². The molecule has 1 aliphatic heterocycles. The molecule has 0 atom stereocenters. The molecule has 1 aliphatic rings. The zero-order valence-electron chi connectivity index (χ0n) is 12.9. The van der Waals surface area contributed by atoms with E-state index in [1.807, 2.05) is 11.3 Å². The lowest BCUT2D eigenvalue weighted by Gasteiger charge is -2.27. The van der Waals surface area contributed by atoms with Crippen LogP contribution in [0.4, 0.5) is 0 Å². The number of nitrogens with one attached hydrogen (secondary N) is 1. The zero-order valence-corrected chi connectivity index (χ0v) is 13.7. The molecule has 2 aromatic carbocycles. The molecule has 0 saturated carbocycles. The van der Waals surface area contributed by atoms with Crippen LogP contribution in [0, 0.1) is 0 Å². The Morgan fingerprint density at radius 2 is 1.96 bits per heavy atom. The second kappa shape index (κ2) is 5.22. The van der Waals surface area contributed by atoms with Gasteiger partial charge in [0, 0.05) is 52.7 Å². The third kappa shape index (κ3) is 2.19. The number of rotatable bonds is 2. The lowest BCUT2D eigenvalue weighted by atomic mass is 10.0. The normalized spacial score (nSPS) is 15.3. The van der Waals surface area contributed by atoms with Crippen molar-refractivity contribution in [3.63, 3.8) is 0 Å². The number of aromatic amines is 1. The largest absolute Gasteiger partial charge is 0.358 e. The molecule has 0 saturated heterocycles. The van der Waals surface area contributed by atoms with Crippen LogP contribution in [0.5, 0.6) is 0 Å². The van der Waals surface area contributed by atoms with Gasteiger partial charge in [0.15, 0.2) is 0 Å². The van der Waals surface area contributed by atoms with Crippen molar-refractivity contribution in [2.75, 3.05) is 6.54 Å². The van der Waals surface area contributed by atoms with Crippen LogP contribution in [0.1, 0.15) is 16.8 Å². The third-order valence-electron chi connectivity index (χ3n) is 4.90. The van der Waals surface area contributed by atoms with E-state index in [1.165, 1.54) is 37.8 Å². The van der Waals surface area contributed by atoms with Crippen molar-refractivity contribution in [3.05, 3.63) is 70.7 Å². The molecule has 3 heteroatoms. The molecule has 0 radical (unpaired) electrons. The number of H-pyrrole nitrogens is 1. The lowest BCUT2D eigenvalue weighted by Crippen LogP contribution is -2.29. The molecular formula is C20H18N2S. The van der Waals surface area contributed by atoms with E-state index < -0.39 is 0 Å². The average molecular weight is 318 g/mol. The van der Waals surface area contributed by atoms with E-state index >= 15 is 0 Å². The van der Waals surface area contributed by atoms with E-state index in [0.29, 0.717) is 0 Å². The maximum absolute atomic E-state index is 3.66. The molecule has 2 nitrogen and oxygen atoms in total. The summed E-state index contributed by atoms with van der Waals surface area (Å²) in [5.41, 5.74) is 5.63. The Hall–Kier alpha value is -2.10. The second-order valence-electron chi connectivity index (χ2n) is 6.35. The topological polar surface area (TPSA) is 19.0 Å². The Kier molecular flexibility index (Phi) is 3.03. The van der Waals surface area contributed by atoms with Crippen molar-refractivity contribution in [1.29, 1.82) is 0 Å². The Morgan fingerprint density at radius 1 is 1.04 bits per heavy atom. The molecule has 0 bridgehead atoms. The van der Waals surface area contributed by atoms with Gasteiger partial charge in [0.25, 0.3) is 0 Å². The fourth-order valence-corrected chi connectivity index (χ4v) is 4.59. The van der Waals surface area contributed by atoms with Crippen LogP contribution < -0.4 is 0 Å². The predicted octanol–water partition coefficient (Wildman–Crippen LogP) is 4.94. The summed E-state index contributed by atoms with van der Waals surface area (Å²) >= 11 is 1.83. The number of benzene rings is 2. The third-order valence-corrected chi connectivity index (χ3v) is 5.78. The molecule has 0 amide bonds. The predicted molar refractivity (Wildman–Crippen MR) is 97.9 cm³/mol. The van der Waals surface area contributed by atoms with Crippen molar-refractivity contribution in [1.82, 2.24) is 9.88 Å². The summed E-state index contributed by atoms with van der Waals surface area (Å²) in [4.78, 5) is 6.23. The summed E-state index contributed by atoms with van der Waals surface area (Å²) < 4.78 is 1.39. The van der Waals surface area contributed by atoms with Crippen LogP contribution in [0.25, 0.3) is 21.0 Å².